The third kappa shape index (κ3) is 4.65. The number of hydrogen-bond acceptors (Lipinski definition) is 4. The molecule has 1 heterocycles. The summed E-state index contributed by atoms with van der Waals surface area (Å²) in [7, 11) is 0. The number of fused-ring (bicyclic) bond motifs is 1. The summed E-state index contributed by atoms with van der Waals surface area (Å²) in [4.78, 5) is 36.7. The molecule has 0 N–H and O–H groups in total. The van der Waals surface area contributed by atoms with E-state index in [0.29, 0.717) is 22.0 Å². The highest BCUT2D eigenvalue weighted by molar-refractivity contribution is 5.90. The Labute approximate surface area is 200 Å². The molecule has 3 aromatic carbocycles. The topological polar surface area (TPSA) is 61.2 Å². The van der Waals surface area contributed by atoms with Crippen molar-refractivity contribution in [2.45, 2.75) is 52.4 Å². The zero-order valence-corrected chi connectivity index (χ0v) is 20.5. The monoisotopic (exact) mass is 454 g/mol. The maximum absolute atomic E-state index is 13.3. The summed E-state index contributed by atoms with van der Waals surface area (Å²) >= 11 is 0. The van der Waals surface area contributed by atoms with Crippen LogP contribution in [0.5, 0.6) is 0 Å². The molecule has 0 spiro atoms. The summed E-state index contributed by atoms with van der Waals surface area (Å²) < 4.78 is 1.01. The van der Waals surface area contributed by atoms with Gasteiger partial charge in [-0.1, -0.05) is 90.1 Å². The van der Waals surface area contributed by atoms with Crippen LogP contribution >= 0.6 is 0 Å². The predicted molar refractivity (Wildman–Crippen MR) is 136 cm³/mol. The Balaban J connectivity index is 1.79. The first-order chi connectivity index (χ1) is 15.9. The lowest BCUT2D eigenvalue weighted by Crippen LogP contribution is -2.33. The highest BCUT2D eigenvalue weighted by Gasteiger charge is 2.20. The lowest BCUT2D eigenvalue weighted by molar-refractivity contribution is 0.0449. The van der Waals surface area contributed by atoms with Crippen LogP contribution in [0.1, 0.15) is 63.0 Å². The van der Waals surface area contributed by atoms with Gasteiger partial charge in [-0.3, -0.25) is 4.79 Å². The molecular weight excluding hydrogens is 424 g/mol. The molecule has 34 heavy (non-hydrogen) atoms. The second-order valence-corrected chi connectivity index (χ2v) is 10.6. The minimum atomic E-state index is -0.618. The van der Waals surface area contributed by atoms with Gasteiger partial charge in [-0.25, -0.2) is 9.78 Å². The predicted octanol–water partition coefficient (Wildman–Crippen LogP) is 5.93. The van der Waals surface area contributed by atoms with E-state index in [-0.39, 0.29) is 16.7 Å². The van der Waals surface area contributed by atoms with Crippen molar-refractivity contribution in [3.05, 3.63) is 99.8 Å². The summed E-state index contributed by atoms with van der Waals surface area (Å²) in [6, 6.07) is 22.1. The minimum absolute atomic E-state index is 0.0132. The molecule has 0 bridgehead atoms. The van der Waals surface area contributed by atoms with Gasteiger partial charge in [0.25, 0.3) is 5.56 Å². The van der Waals surface area contributed by atoms with Crippen LogP contribution in [0.15, 0.2) is 77.6 Å². The highest BCUT2D eigenvalue weighted by Crippen LogP contribution is 2.26. The van der Waals surface area contributed by atoms with Gasteiger partial charge in [0, 0.05) is 5.56 Å². The van der Waals surface area contributed by atoms with Gasteiger partial charge >= 0.3 is 5.97 Å². The fraction of sp³-hybridized carbons (Fsp3) is 0.276. The summed E-state index contributed by atoms with van der Waals surface area (Å²) in [5.74, 6) is -0.337. The van der Waals surface area contributed by atoms with Crippen molar-refractivity contribution in [2.75, 3.05) is 0 Å². The van der Waals surface area contributed by atoms with Crippen LogP contribution in [-0.4, -0.2) is 15.7 Å². The van der Waals surface area contributed by atoms with E-state index in [2.05, 4.69) is 46.5 Å². The van der Waals surface area contributed by atoms with Gasteiger partial charge < -0.3 is 4.84 Å². The van der Waals surface area contributed by atoms with E-state index < -0.39 is 11.5 Å². The van der Waals surface area contributed by atoms with Crippen molar-refractivity contribution in [1.82, 2.24) is 9.71 Å². The summed E-state index contributed by atoms with van der Waals surface area (Å²) in [6.45, 7) is 12.7. The second kappa shape index (κ2) is 8.56. The molecule has 174 valence electrons. The van der Waals surface area contributed by atoms with E-state index in [9.17, 15) is 9.59 Å². The van der Waals surface area contributed by atoms with Crippen molar-refractivity contribution < 1.29 is 9.63 Å². The SMILES string of the molecule is CC(C)(C)c1ccc(C(=O)On2c(-c3ccc(C(C)(C)C)cc3)nc3ccccc3c2=O)cc1. The molecule has 1 aromatic heterocycles. The van der Waals surface area contributed by atoms with Crippen molar-refractivity contribution >= 4 is 16.9 Å². The molecule has 0 amide bonds. The van der Waals surface area contributed by atoms with E-state index >= 15 is 0 Å². The lowest BCUT2D eigenvalue weighted by atomic mass is 9.86. The van der Waals surface area contributed by atoms with Gasteiger partial charge in [0.2, 0.25) is 0 Å². The first-order valence-corrected chi connectivity index (χ1v) is 11.4. The van der Waals surface area contributed by atoms with E-state index in [0.717, 1.165) is 15.9 Å². The molecule has 0 aliphatic carbocycles. The molecule has 5 nitrogen and oxygen atoms in total. The van der Waals surface area contributed by atoms with Crippen LogP contribution in [-0.2, 0) is 10.8 Å². The first kappa shape index (κ1) is 23.4. The molecule has 0 fully saturated rings. The van der Waals surface area contributed by atoms with Crippen molar-refractivity contribution in [3.63, 3.8) is 0 Å². The maximum atomic E-state index is 13.3. The van der Waals surface area contributed by atoms with Crippen LogP contribution in [0.2, 0.25) is 0 Å². The Bertz CT molecular complexity index is 1400. The Morgan fingerprint density at radius 3 is 1.85 bits per heavy atom. The molecule has 4 rings (SSSR count). The minimum Gasteiger partial charge on any atom is -0.326 e. The van der Waals surface area contributed by atoms with Crippen LogP contribution < -0.4 is 10.4 Å². The van der Waals surface area contributed by atoms with E-state index in [4.69, 9.17) is 4.84 Å². The molecule has 0 radical (unpaired) electrons. The average Bonchev–Trinajstić information content (AvgIpc) is 2.80. The van der Waals surface area contributed by atoms with Crippen LogP contribution in [0, 0.1) is 0 Å². The smallest absolute Gasteiger partial charge is 0.326 e. The largest absolute Gasteiger partial charge is 0.363 e. The summed E-state index contributed by atoms with van der Waals surface area (Å²) in [6.07, 6.45) is 0. The number of aromatic nitrogens is 2. The number of para-hydroxylation sites is 1. The third-order valence-corrected chi connectivity index (χ3v) is 5.91. The van der Waals surface area contributed by atoms with E-state index in [1.54, 1.807) is 30.3 Å². The molecule has 0 unspecified atom stereocenters. The molecule has 0 aliphatic rings. The van der Waals surface area contributed by atoms with Gasteiger partial charge in [-0.15, -0.1) is 4.73 Å². The Morgan fingerprint density at radius 1 is 0.765 bits per heavy atom. The molecule has 4 aromatic rings. The Morgan fingerprint density at radius 2 is 1.29 bits per heavy atom. The fourth-order valence-corrected chi connectivity index (χ4v) is 3.74. The molecule has 0 saturated heterocycles. The zero-order valence-electron chi connectivity index (χ0n) is 20.5. The molecule has 0 aliphatic heterocycles. The van der Waals surface area contributed by atoms with Gasteiger partial charge in [-0.2, -0.15) is 0 Å². The van der Waals surface area contributed by atoms with Crippen molar-refractivity contribution in [2.24, 2.45) is 0 Å². The molecule has 0 saturated carbocycles. The van der Waals surface area contributed by atoms with Crippen LogP contribution in [0.4, 0.5) is 0 Å². The number of rotatable bonds is 3. The number of hydrogen-bond donors (Lipinski definition) is 0. The van der Waals surface area contributed by atoms with Crippen molar-refractivity contribution in [1.29, 1.82) is 0 Å². The molecule has 0 atom stereocenters. The maximum Gasteiger partial charge on any atom is 0.363 e. The third-order valence-electron chi connectivity index (χ3n) is 5.91. The molecule has 5 heteroatoms. The average molecular weight is 455 g/mol. The van der Waals surface area contributed by atoms with Crippen molar-refractivity contribution in [3.8, 4) is 11.4 Å². The standard InChI is InChI=1S/C29H30N2O3/c1-28(2,3)21-15-11-19(12-16-21)25-30-24-10-8-7-9-23(24)26(32)31(25)34-27(33)20-13-17-22(18-14-20)29(4,5)6/h7-18H,1-6H3. The summed E-state index contributed by atoms with van der Waals surface area (Å²) in [5, 5.41) is 0.383. The first-order valence-electron chi connectivity index (χ1n) is 11.4. The van der Waals surface area contributed by atoms with E-state index in [1.807, 2.05) is 42.5 Å². The number of nitrogens with zero attached hydrogens (tertiary/aromatic N) is 2. The van der Waals surface area contributed by atoms with Crippen LogP contribution in [0.3, 0.4) is 0 Å². The van der Waals surface area contributed by atoms with Gasteiger partial charge in [-0.05, 0) is 46.2 Å². The quantitative estimate of drug-likeness (QED) is 0.385. The van der Waals surface area contributed by atoms with Gasteiger partial charge in [0.1, 0.15) is 0 Å². The highest BCUT2D eigenvalue weighted by atomic mass is 16.7. The Kier molecular flexibility index (Phi) is 5.90. The van der Waals surface area contributed by atoms with Gasteiger partial charge in [0.05, 0.1) is 16.5 Å². The second-order valence-electron chi connectivity index (χ2n) is 10.6. The van der Waals surface area contributed by atoms with Gasteiger partial charge in [0.15, 0.2) is 5.82 Å². The fourth-order valence-electron chi connectivity index (χ4n) is 3.74. The van der Waals surface area contributed by atoms with Crippen LogP contribution in [0.25, 0.3) is 22.3 Å². The molecular formula is C29H30N2O3. The lowest BCUT2D eigenvalue weighted by Gasteiger charge is -2.20. The number of carbonyl (C=O) groups excluding carboxylic acids is 1. The zero-order chi connectivity index (χ0) is 24.7. The Hall–Kier alpha value is -3.73. The number of carbonyl (C=O) groups is 1. The summed E-state index contributed by atoms with van der Waals surface area (Å²) in [5.41, 5.74) is 3.38. The number of benzene rings is 3. The normalized spacial score (nSPS) is 12.1. The van der Waals surface area contributed by atoms with E-state index in [1.165, 1.54) is 0 Å².